The Labute approximate surface area is 170 Å². The van der Waals surface area contributed by atoms with Gasteiger partial charge in [0, 0.05) is 11.4 Å². The Balaban J connectivity index is 0.00000243. The van der Waals surface area contributed by atoms with Crippen LogP contribution in [0.5, 0.6) is 0 Å². The molecule has 142 valence electrons. The first kappa shape index (κ1) is 21.2. The minimum Gasteiger partial charge on any atom is -0.345 e. The molecule has 2 N–H and O–H groups in total. The van der Waals surface area contributed by atoms with Crippen LogP contribution < -0.4 is 10.6 Å². The Kier molecular flexibility index (Phi) is 8.42. The highest BCUT2D eigenvalue weighted by Crippen LogP contribution is 2.27. The average molecular weight is 413 g/mol. The molecule has 6 heteroatoms. The van der Waals surface area contributed by atoms with Gasteiger partial charge in [-0.3, -0.25) is 4.79 Å². The molecular formula is C20H26Cl2N2OS. The van der Waals surface area contributed by atoms with E-state index in [2.05, 4.69) is 29.0 Å². The lowest BCUT2D eigenvalue weighted by Gasteiger charge is -2.28. The van der Waals surface area contributed by atoms with Crippen molar-refractivity contribution in [2.45, 2.75) is 32.2 Å². The number of carbonyl (C=O) groups is 1. The molecule has 0 saturated carbocycles. The predicted molar refractivity (Wildman–Crippen MR) is 112 cm³/mol. The van der Waals surface area contributed by atoms with Gasteiger partial charge in [0.1, 0.15) is 0 Å². The van der Waals surface area contributed by atoms with Crippen LogP contribution >= 0.6 is 35.3 Å². The summed E-state index contributed by atoms with van der Waals surface area (Å²) in [6.07, 6.45) is 2.91. The monoisotopic (exact) mass is 412 g/mol. The maximum Gasteiger partial charge on any atom is 0.221 e. The largest absolute Gasteiger partial charge is 0.345 e. The fourth-order valence-corrected chi connectivity index (χ4v) is 4.36. The summed E-state index contributed by atoms with van der Waals surface area (Å²) in [7, 11) is 0. The van der Waals surface area contributed by atoms with Crippen molar-refractivity contribution >= 4 is 41.3 Å². The van der Waals surface area contributed by atoms with Crippen molar-refractivity contribution in [2.24, 2.45) is 11.8 Å². The summed E-state index contributed by atoms with van der Waals surface area (Å²) in [4.78, 5) is 12.7. The molecular weight excluding hydrogens is 387 g/mol. The number of piperidine rings is 1. The van der Waals surface area contributed by atoms with Crippen molar-refractivity contribution < 1.29 is 4.79 Å². The molecule has 1 fully saturated rings. The van der Waals surface area contributed by atoms with Crippen molar-refractivity contribution in [3.05, 3.63) is 57.2 Å². The van der Waals surface area contributed by atoms with Crippen LogP contribution in [0, 0.1) is 11.8 Å². The molecule has 3 rings (SSSR count). The fraction of sp³-hybridized carbons (Fsp3) is 0.450. The second-order valence-electron chi connectivity index (χ2n) is 6.88. The highest BCUT2D eigenvalue weighted by Gasteiger charge is 2.24. The maximum atomic E-state index is 12.7. The van der Waals surface area contributed by atoms with Gasteiger partial charge in [-0.05, 0) is 77.9 Å². The number of nitrogens with one attached hydrogen (secondary N) is 2. The van der Waals surface area contributed by atoms with Gasteiger partial charge in [0.15, 0.2) is 0 Å². The SMILES string of the molecule is CC(CC(=O)NC(c1ccc(Cl)cc1)c1ccsc1)C1CCNCC1.Cl. The zero-order valence-corrected chi connectivity index (χ0v) is 17.3. The molecule has 1 amide bonds. The van der Waals surface area contributed by atoms with E-state index < -0.39 is 0 Å². The number of carbonyl (C=O) groups excluding carboxylic acids is 1. The van der Waals surface area contributed by atoms with Gasteiger partial charge in [0.25, 0.3) is 0 Å². The van der Waals surface area contributed by atoms with E-state index in [1.54, 1.807) is 11.3 Å². The number of hydrogen-bond donors (Lipinski definition) is 2. The summed E-state index contributed by atoms with van der Waals surface area (Å²) in [5.74, 6) is 1.18. The number of halogens is 2. The third-order valence-corrected chi connectivity index (χ3v) is 6.03. The normalized spacial score (nSPS) is 17.2. The number of thiophene rings is 1. The van der Waals surface area contributed by atoms with E-state index in [1.807, 2.05) is 29.6 Å². The van der Waals surface area contributed by atoms with E-state index in [0.29, 0.717) is 23.3 Å². The Morgan fingerprint density at radius 2 is 1.92 bits per heavy atom. The number of amides is 1. The first-order chi connectivity index (χ1) is 12.1. The summed E-state index contributed by atoms with van der Waals surface area (Å²) in [6, 6.07) is 9.68. The molecule has 1 aromatic carbocycles. The first-order valence-electron chi connectivity index (χ1n) is 8.91. The maximum absolute atomic E-state index is 12.7. The van der Waals surface area contributed by atoms with Gasteiger partial charge in [-0.25, -0.2) is 0 Å². The summed E-state index contributed by atoms with van der Waals surface area (Å²) in [5.41, 5.74) is 2.18. The van der Waals surface area contributed by atoms with Crippen LogP contribution in [0.3, 0.4) is 0 Å². The third-order valence-electron chi connectivity index (χ3n) is 5.08. The lowest BCUT2D eigenvalue weighted by atomic mass is 9.84. The molecule has 0 bridgehead atoms. The van der Waals surface area contributed by atoms with Crippen molar-refractivity contribution in [1.82, 2.24) is 10.6 Å². The zero-order chi connectivity index (χ0) is 17.6. The van der Waals surface area contributed by atoms with Gasteiger partial charge in [-0.1, -0.05) is 30.7 Å². The van der Waals surface area contributed by atoms with Crippen LogP contribution in [0.1, 0.15) is 43.4 Å². The summed E-state index contributed by atoms with van der Waals surface area (Å²) in [5, 5.41) is 11.5. The molecule has 0 spiro atoms. The zero-order valence-electron chi connectivity index (χ0n) is 14.9. The minimum absolute atomic E-state index is 0. The van der Waals surface area contributed by atoms with Crippen LogP contribution in [0.15, 0.2) is 41.1 Å². The first-order valence-corrected chi connectivity index (χ1v) is 10.2. The molecule has 2 heterocycles. The van der Waals surface area contributed by atoms with Crippen LogP contribution in [0.25, 0.3) is 0 Å². The molecule has 1 aliphatic heterocycles. The molecule has 0 aliphatic carbocycles. The summed E-state index contributed by atoms with van der Waals surface area (Å²) >= 11 is 7.66. The van der Waals surface area contributed by atoms with Gasteiger partial charge in [-0.15, -0.1) is 12.4 Å². The van der Waals surface area contributed by atoms with Crippen LogP contribution in [-0.2, 0) is 4.79 Å². The van der Waals surface area contributed by atoms with Gasteiger partial charge in [-0.2, -0.15) is 11.3 Å². The standard InChI is InChI=1S/C20H25ClN2OS.ClH/c1-14(15-6-9-22-10-7-15)12-19(24)23-20(17-8-11-25-13-17)16-2-4-18(21)5-3-16;/h2-5,8,11,13-15,20,22H,6-7,9-10,12H2,1H3,(H,23,24);1H. The molecule has 0 radical (unpaired) electrons. The smallest absolute Gasteiger partial charge is 0.221 e. The topological polar surface area (TPSA) is 41.1 Å². The lowest BCUT2D eigenvalue weighted by molar-refractivity contribution is -0.122. The third kappa shape index (κ3) is 5.71. The van der Waals surface area contributed by atoms with E-state index in [4.69, 9.17) is 11.6 Å². The molecule has 26 heavy (non-hydrogen) atoms. The highest BCUT2D eigenvalue weighted by molar-refractivity contribution is 7.08. The number of hydrogen-bond acceptors (Lipinski definition) is 3. The van der Waals surface area contributed by atoms with Crippen molar-refractivity contribution in [3.8, 4) is 0 Å². The van der Waals surface area contributed by atoms with Crippen LogP contribution in [0.2, 0.25) is 5.02 Å². The molecule has 1 saturated heterocycles. The molecule has 2 unspecified atom stereocenters. The van der Waals surface area contributed by atoms with Gasteiger partial charge in [0.2, 0.25) is 5.91 Å². The van der Waals surface area contributed by atoms with E-state index >= 15 is 0 Å². The lowest BCUT2D eigenvalue weighted by Crippen LogP contribution is -2.34. The quantitative estimate of drug-likeness (QED) is 0.696. The number of benzene rings is 1. The Morgan fingerprint density at radius 3 is 2.54 bits per heavy atom. The second-order valence-corrected chi connectivity index (χ2v) is 8.09. The van der Waals surface area contributed by atoms with E-state index in [-0.39, 0.29) is 24.4 Å². The minimum atomic E-state index is -0.115. The Morgan fingerprint density at radius 1 is 1.23 bits per heavy atom. The van der Waals surface area contributed by atoms with Crippen molar-refractivity contribution in [3.63, 3.8) is 0 Å². The Bertz CT molecular complexity index is 670. The summed E-state index contributed by atoms with van der Waals surface area (Å²) in [6.45, 7) is 4.34. The average Bonchev–Trinajstić information content (AvgIpc) is 3.15. The molecule has 1 aliphatic rings. The van der Waals surface area contributed by atoms with Crippen LogP contribution in [-0.4, -0.2) is 19.0 Å². The fourth-order valence-electron chi connectivity index (χ4n) is 3.55. The van der Waals surface area contributed by atoms with Gasteiger partial charge >= 0.3 is 0 Å². The summed E-state index contributed by atoms with van der Waals surface area (Å²) < 4.78 is 0. The van der Waals surface area contributed by atoms with Gasteiger partial charge in [0.05, 0.1) is 6.04 Å². The molecule has 1 aromatic heterocycles. The van der Waals surface area contributed by atoms with Gasteiger partial charge < -0.3 is 10.6 Å². The van der Waals surface area contributed by atoms with E-state index in [0.717, 1.165) is 24.2 Å². The second kappa shape index (κ2) is 10.3. The molecule has 2 atom stereocenters. The Hall–Kier alpha value is -1.07. The van der Waals surface area contributed by atoms with Crippen molar-refractivity contribution in [1.29, 1.82) is 0 Å². The number of rotatable bonds is 6. The van der Waals surface area contributed by atoms with E-state index in [1.165, 1.54) is 12.8 Å². The predicted octanol–water partition coefficient (Wildman–Crippen LogP) is 5.05. The van der Waals surface area contributed by atoms with Crippen molar-refractivity contribution in [2.75, 3.05) is 13.1 Å². The highest BCUT2D eigenvalue weighted by atomic mass is 35.5. The molecule has 2 aromatic rings. The molecule has 3 nitrogen and oxygen atoms in total. The van der Waals surface area contributed by atoms with E-state index in [9.17, 15) is 4.79 Å². The van der Waals surface area contributed by atoms with Crippen LogP contribution in [0.4, 0.5) is 0 Å².